The van der Waals surface area contributed by atoms with Crippen LogP contribution in [0, 0.1) is 11.8 Å². The summed E-state index contributed by atoms with van der Waals surface area (Å²) in [5, 5.41) is 9.68. The molecule has 0 radical (unpaired) electrons. The molecule has 3 nitrogen and oxygen atoms in total. The van der Waals surface area contributed by atoms with Crippen molar-refractivity contribution in [2.24, 2.45) is 11.8 Å². The molecule has 1 aliphatic carbocycles. The van der Waals surface area contributed by atoms with E-state index in [1.165, 1.54) is 5.56 Å². The molecule has 18 heavy (non-hydrogen) atoms. The first kappa shape index (κ1) is 11.7. The van der Waals surface area contributed by atoms with Crippen LogP contribution < -0.4 is 0 Å². The van der Waals surface area contributed by atoms with E-state index in [4.69, 9.17) is 0 Å². The van der Waals surface area contributed by atoms with Crippen molar-refractivity contribution >= 4 is 5.91 Å². The third-order valence-electron chi connectivity index (χ3n) is 4.49. The quantitative estimate of drug-likeness (QED) is 0.863. The molecule has 2 fully saturated rings. The number of aliphatic hydroxyl groups is 1. The lowest BCUT2D eigenvalue weighted by Crippen LogP contribution is -2.34. The molecule has 1 saturated carbocycles. The number of hydrogen-bond donors (Lipinski definition) is 1. The average molecular weight is 245 g/mol. The fourth-order valence-corrected chi connectivity index (χ4v) is 3.51. The standard InChI is InChI=1S/C15H19NO2/c1-10-13-7-12(17)8-14(13)15(18)16(10)9-11-5-3-2-4-6-11/h2-6,10,12-14,17H,7-9H2,1H3/t10-,12?,13?,14?/m1/s1. The maximum absolute atomic E-state index is 12.4. The third kappa shape index (κ3) is 1.83. The molecule has 1 aromatic rings. The second kappa shape index (κ2) is 4.39. The zero-order valence-corrected chi connectivity index (χ0v) is 10.6. The van der Waals surface area contributed by atoms with E-state index in [-0.39, 0.29) is 24.0 Å². The van der Waals surface area contributed by atoms with Crippen LogP contribution in [0.4, 0.5) is 0 Å². The predicted molar refractivity (Wildman–Crippen MR) is 68.7 cm³/mol. The van der Waals surface area contributed by atoms with Gasteiger partial charge in [0.05, 0.1) is 6.10 Å². The van der Waals surface area contributed by atoms with E-state index in [9.17, 15) is 9.90 Å². The van der Waals surface area contributed by atoms with E-state index in [1.54, 1.807) is 0 Å². The lowest BCUT2D eigenvalue weighted by atomic mass is 9.95. The van der Waals surface area contributed by atoms with Gasteiger partial charge in [-0.05, 0) is 31.2 Å². The molecular formula is C15H19NO2. The van der Waals surface area contributed by atoms with Gasteiger partial charge >= 0.3 is 0 Å². The van der Waals surface area contributed by atoms with Gasteiger partial charge in [-0.1, -0.05) is 30.3 Å². The number of aliphatic hydroxyl groups excluding tert-OH is 1. The number of nitrogens with zero attached hydrogens (tertiary/aromatic N) is 1. The molecule has 1 amide bonds. The van der Waals surface area contributed by atoms with Gasteiger partial charge in [0.15, 0.2) is 0 Å². The van der Waals surface area contributed by atoms with Crippen LogP contribution in [0.1, 0.15) is 25.3 Å². The molecule has 96 valence electrons. The first-order valence-corrected chi connectivity index (χ1v) is 6.69. The molecule has 1 heterocycles. The lowest BCUT2D eigenvalue weighted by Gasteiger charge is -2.25. The number of carbonyl (C=O) groups is 1. The highest BCUT2D eigenvalue weighted by molar-refractivity contribution is 5.82. The molecule has 0 aromatic heterocycles. The van der Waals surface area contributed by atoms with Gasteiger partial charge in [-0.15, -0.1) is 0 Å². The molecule has 2 aliphatic rings. The van der Waals surface area contributed by atoms with Gasteiger partial charge < -0.3 is 10.0 Å². The number of amides is 1. The van der Waals surface area contributed by atoms with Crippen LogP contribution in [0.2, 0.25) is 0 Å². The molecule has 3 unspecified atom stereocenters. The molecule has 4 atom stereocenters. The number of likely N-dealkylation sites (tertiary alicyclic amines) is 1. The SMILES string of the molecule is C[C@@H]1C2CC(O)CC2C(=O)N1Cc1ccccc1. The second-order valence-corrected chi connectivity index (χ2v) is 5.59. The van der Waals surface area contributed by atoms with Gasteiger partial charge in [0, 0.05) is 18.5 Å². The lowest BCUT2D eigenvalue weighted by molar-refractivity contribution is -0.132. The smallest absolute Gasteiger partial charge is 0.226 e. The van der Waals surface area contributed by atoms with Crippen LogP contribution in [0.25, 0.3) is 0 Å². The minimum absolute atomic E-state index is 0.0544. The van der Waals surface area contributed by atoms with E-state index in [0.717, 1.165) is 6.42 Å². The van der Waals surface area contributed by atoms with E-state index in [2.05, 4.69) is 19.1 Å². The number of rotatable bonds is 2. The first-order valence-electron chi connectivity index (χ1n) is 6.69. The first-order chi connectivity index (χ1) is 8.66. The Morgan fingerprint density at radius 3 is 2.67 bits per heavy atom. The Kier molecular flexibility index (Phi) is 2.86. The molecule has 3 rings (SSSR count). The van der Waals surface area contributed by atoms with Crippen LogP contribution >= 0.6 is 0 Å². The summed E-state index contributed by atoms with van der Waals surface area (Å²) >= 11 is 0. The summed E-state index contributed by atoms with van der Waals surface area (Å²) in [6.45, 7) is 2.81. The van der Waals surface area contributed by atoms with Crippen LogP contribution in [0.15, 0.2) is 30.3 Å². The largest absolute Gasteiger partial charge is 0.393 e. The van der Waals surface area contributed by atoms with Crippen molar-refractivity contribution in [3.63, 3.8) is 0 Å². The third-order valence-corrected chi connectivity index (χ3v) is 4.49. The van der Waals surface area contributed by atoms with Crippen molar-refractivity contribution in [2.75, 3.05) is 0 Å². The molecule has 0 spiro atoms. The van der Waals surface area contributed by atoms with Gasteiger partial charge in [-0.25, -0.2) is 0 Å². The Bertz CT molecular complexity index is 445. The summed E-state index contributed by atoms with van der Waals surface area (Å²) < 4.78 is 0. The summed E-state index contributed by atoms with van der Waals surface area (Å²) in [6.07, 6.45) is 1.16. The maximum Gasteiger partial charge on any atom is 0.226 e. The van der Waals surface area contributed by atoms with Crippen LogP contribution in [0.5, 0.6) is 0 Å². The van der Waals surface area contributed by atoms with Gasteiger partial charge in [0.2, 0.25) is 5.91 Å². The molecular weight excluding hydrogens is 226 g/mol. The van der Waals surface area contributed by atoms with Gasteiger partial charge in [-0.2, -0.15) is 0 Å². The zero-order valence-electron chi connectivity index (χ0n) is 10.6. The Morgan fingerprint density at radius 1 is 1.28 bits per heavy atom. The number of hydrogen-bond acceptors (Lipinski definition) is 2. The Labute approximate surface area is 107 Å². The molecule has 1 N–H and O–H groups in total. The fourth-order valence-electron chi connectivity index (χ4n) is 3.51. The van der Waals surface area contributed by atoms with E-state index in [0.29, 0.717) is 18.9 Å². The number of benzene rings is 1. The minimum Gasteiger partial charge on any atom is -0.393 e. The van der Waals surface area contributed by atoms with Crippen molar-refractivity contribution in [2.45, 2.75) is 38.5 Å². The van der Waals surface area contributed by atoms with Crippen molar-refractivity contribution in [1.29, 1.82) is 0 Å². The van der Waals surface area contributed by atoms with Crippen molar-refractivity contribution in [3.05, 3.63) is 35.9 Å². The molecule has 1 aromatic carbocycles. The Balaban J connectivity index is 1.77. The second-order valence-electron chi connectivity index (χ2n) is 5.59. The van der Waals surface area contributed by atoms with E-state index >= 15 is 0 Å². The van der Waals surface area contributed by atoms with Crippen molar-refractivity contribution < 1.29 is 9.90 Å². The molecule has 3 heteroatoms. The zero-order chi connectivity index (χ0) is 12.7. The molecule has 1 aliphatic heterocycles. The van der Waals surface area contributed by atoms with Crippen molar-refractivity contribution in [3.8, 4) is 0 Å². The number of carbonyl (C=O) groups excluding carboxylic acids is 1. The average Bonchev–Trinajstić information content (AvgIpc) is 2.85. The van der Waals surface area contributed by atoms with Crippen LogP contribution in [0.3, 0.4) is 0 Å². The number of fused-ring (bicyclic) bond motifs is 1. The highest BCUT2D eigenvalue weighted by atomic mass is 16.3. The molecule has 0 bridgehead atoms. The van der Waals surface area contributed by atoms with Crippen LogP contribution in [-0.2, 0) is 11.3 Å². The normalized spacial score (nSPS) is 35.0. The van der Waals surface area contributed by atoms with E-state index in [1.807, 2.05) is 23.1 Å². The maximum atomic E-state index is 12.4. The topological polar surface area (TPSA) is 40.5 Å². The molecule has 1 saturated heterocycles. The highest BCUT2D eigenvalue weighted by Gasteiger charge is 2.50. The summed E-state index contributed by atoms with van der Waals surface area (Å²) in [5.74, 6) is 0.628. The monoisotopic (exact) mass is 245 g/mol. The summed E-state index contributed by atoms with van der Waals surface area (Å²) in [4.78, 5) is 14.3. The Morgan fingerprint density at radius 2 is 2.00 bits per heavy atom. The van der Waals surface area contributed by atoms with Crippen LogP contribution in [-0.4, -0.2) is 28.1 Å². The van der Waals surface area contributed by atoms with Crippen molar-refractivity contribution in [1.82, 2.24) is 4.90 Å². The summed E-state index contributed by atoms with van der Waals surface area (Å²) in [6, 6.07) is 10.4. The van der Waals surface area contributed by atoms with Gasteiger partial charge in [-0.3, -0.25) is 4.79 Å². The van der Waals surface area contributed by atoms with Gasteiger partial charge in [0.1, 0.15) is 0 Å². The summed E-state index contributed by atoms with van der Waals surface area (Å²) in [7, 11) is 0. The van der Waals surface area contributed by atoms with E-state index < -0.39 is 0 Å². The van der Waals surface area contributed by atoms with Gasteiger partial charge in [0.25, 0.3) is 0 Å². The fraction of sp³-hybridized carbons (Fsp3) is 0.533. The Hall–Kier alpha value is -1.35. The highest BCUT2D eigenvalue weighted by Crippen LogP contribution is 2.43. The minimum atomic E-state index is -0.273. The predicted octanol–water partition coefficient (Wildman–Crippen LogP) is 1.80. The summed E-state index contributed by atoms with van der Waals surface area (Å²) in [5.41, 5.74) is 1.18.